The van der Waals surface area contributed by atoms with Crippen LogP contribution in [0, 0.1) is 0 Å². The average Bonchev–Trinajstić information content (AvgIpc) is 2.46. The lowest BCUT2D eigenvalue weighted by Gasteiger charge is -2.18. The lowest BCUT2D eigenvalue weighted by atomic mass is 10.0. The fourth-order valence-corrected chi connectivity index (χ4v) is 2.33. The highest BCUT2D eigenvalue weighted by Gasteiger charge is 2.10. The molecule has 0 radical (unpaired) electrons. The predicted molar refractivity (Wildman–Crippen MR) is 74.1 cm³/mol. The Labute approximate surface area is 110 Å². The van der Waals surface area contributed by atoms with Gasteiger partial charge in [-0.2, -0.15) is 0 Å². The van der Waals surface area contributed by atoms with E-state index in [0.29, 0.717) is 16.5 Å². The second kappa shape index (κ2) is 4.28. The minimum atomic E-state index is -0.255. The molecule has 3 heteroatoms. The Morgan fingerprint density at radius 3 is 2.32 bits per heavy atom. The van der Waals surface area contributed by atoms with Crippen LogP contribution in [0.15, 0.2) is 59.4 Å². The van der Waals surface area contributed by atoms with Crippen LogP contribution in [0.1, 0.15) is 0 Å². The molecule has 0 fully saturated rings. The van der Waals surface area contributed by atoms with Crippen LogP contribution in [-0.2, 0) is 7.05 Å². The molecule has 94 valence electrons. The SMILES string of the molecule is Cn1c(=O)c(-c2ccccc2)c([O-])c2ccccc21. The van der Waals surface area contributed by atoms with Crippen molar-refractivity contribution in [1.29, 1.82) is 0 Å². The van der Waals surface area contributed by atoms with Crippen LogP contribution in [0.4, 0.5) is 0 Å². The molecule has 0 saturated carbocycles. The molecule has 0 unspecified atom stereocenters. The van der Waals surface area contributed by atoms with Gasteiger partial charge in [-0.15, -0.1) is 0 Å². The van der Waals surface area contributed by atoms with Gasteiger partial charge in [-0.05, 0) is 17.0 Å². The molecule has 0 amide bonds. The van der Waals surface area contributed by atoms with Crippen molar-refractivity contribution < 1.29 is 5.11 Å². The monoisotopic (exact) mass is 250 g/mol. The van der Waals surface area contributed by atoms with Crippen LogP contribution >= 0.6 is 0 Å². The first kappa shape index (κ1) is 11.5. The first-order valence-electron chi connectivity index (χ1n) is 6.04. The van der Waals surface area contributed by atoms with Gasteiger partial charge >= 0.3 is 0 Å². The molecule has 1 aromatic heterocycles. The molecule has 0 N–H and O–H groups in total. The number of hydrogen-bond acceptors (Lipinski definition) is 2. The molecular formula is C16H12NO2-. The molecule has 0 atom stereocenters. The van der Waals surface area contributed by atoms with Crippen molar-refractivity contribution in [3.8, 4) is 16.9 Å². The van der Waals surface area contributed by atoms with E-state index in [-0.39, 0.29) is 16.9 Å². The number of pyridine rings is 1. The van der Waals surface area contributed by atoms with E-state index in [1.807, 2.05) is 30.3 Å². The zero-order valence-electron chi connectivity index (χ0n) is 10.5. The standard InChI is InChI=1S/C16H13NO2/c1-17-13-10-6-5-9-12(13)15(18)14(16(17)19)11-7-3-2-4-8-11/h2-10,18H,1H3/p-1. The summed E-state index contributed by atoms with van der Waals surface area (Å²) < 4.78 is 1.53. The molecule has 0 bridgehead atoms. The van der Waals surface area contributed by atoms with E-state index in [2.05, 4.69) is 0 Å². The van der Waals surface area contributed by atoms with Crippen LogP contribution in [0.5, 0.6) is 5.75 Å². The number of hydrogen-bond donors (Lipinski definition) is 0. The maximum absolute atomic E-state index is 12.5. The Bertz CT molecular complexity index is 804. The summed E-state index contributed by atoms with van der Waals surface area (Å²) in [6.45, 7) is 0. The van der Waals surface area contributed by atoms with Gasteiger partial charge < -0.3 is 9.67 Å². The highest BCUT2D eigenvalue weighted by Crippen LogP contribution is 2.30. The van der Waals surface area contributed by atoms with E-state index in [0.717, 1.165) is 0 Å². The highest BCUT2D eigenvalue weighted by atomic mass is 16.3. The summed E-state index contributed by atoms with van der Waals surface area (Å²) in [4.78, 5) is 12.4. The molecule has 0 spiro atoms. The Kier molecular flexibility index (Phi) is 2.60. The molecule has 1 heterocycles. The van der Waals surface area contributed by atoms with Crippen molar-refractivity contribution in [2.45, 2.75) is 0 Å². The van der Waals surface area contributed by atoms with Crippen molar-refractivity contribution in [3.05, 3.63) is 65.0 Å². The van der Waals surface area contributed by atoms with Gasteiger partial charge in [0.2, 0.25) is 0 Å². The number of fused-ring (bicyclic) bond motifs is 1. The third-order valence-electron chi connectivity index (χ3n) is 3.32. The van der Waals surface area contributed by atoms with E-state index < -0.39 is 0 Å². The Morgan fingerprint density at radius 1 is 0.947 bits per heavy atom. The topological polar surface area (TPSA) is 45.1 Å². The van der Waals surface area contributed by atoms with Gasteiger partial charge in [0.05, 0.1) is 5.52 Å². The third kappa shape index (κ3) is 1.71. The molecule has 3 rings (SSSR count). The first-order valence-corrected chi connectivity index (χ1v) is 6.04. The van der Waals surface area contributed by atoms with Crippen molar-refractivity contribution in [1.82, 2.24) is 4.57 Å². The summed E-state index contributed by atoms with van der Waals surface area (Å²) in [5.41, 5.74) is 1.31. The molecule has 3 aromatic rings. The fraction of sp³-hybridized carbons (Fsp3) is 0.0625. The lowest BCUT2D eigenvalue weighted by Crippen LogP contribution is -2.21. The summed E-state index contributed by atoms with van der Waals surface area (Å²) in [5, 5.41) is 13.1. The lowest BCUT2D eigenvalue weighted by molar-refractivity contribution is -0.265. The second-order valence-electron chi connectivity index (χ2n) is 4.45. The maximum Gasteiger partial charge on any atom is 0.258 e. The van der Waals surface area contributed by atoms with Gasteiger partial charge in [0.15, 0.2) is 0 Å². The van der Waals surface area contributed by atoms with Crippen molar-refractivity contribution in [2.24, 2.45) is 7.05 Å². The van der Waals surface area contributed by atoms with Crippen molar-refractivity contribution >= 4 is 10.9 Å². The minimum absolute atomic E-state index is 0.204. The zero-order valence-corrected chi connectivity index (χ0v) is 10.5. The van der Waals surface area contributed by atoms with Crippen molar-refractivity contribution in [2.75, 3.05) is 0 Å². The van der Waals surface area contributed by atoms with Crippen LogP contribution in [0.3, 0.4) is 0 Å². The molecule has 0 aliphatic heterocycles. The molecule has 0 saturated heterocycles. The third-order valence-corrected chi connectivity index (χ3v) is 3.32. The van der Waals surface area contributed by atoms with Crippen LogP contribution in [-0.4, -0.2) is 4.57 Å². The van der Waals surface area contributed by atoms with Crippen molar-refractivity contribution in [3.63, 3.8) is 0 Å². The van der Waals surface area contributed by atoms with E-state index in [1.165, 1.54) is 4.57 Å². The van der Waals surface area contributed by atoms with Gasteiger partial charge in [0, 0.05) is 12.6 Å². The average molecular weight is 250 g/mol. The summed E-state index contributed by atoms with van der Waals surface area (Å²) in [6.07, 6.45) is 0. The second-order valence-corrected chi connectivity index (χ2v) is 4.45. The van der Waals surface area contributed by atoms with E-state index in [4.69, 9.17) is 0 Å². The molecule has 2 aromatic carbocycles. The summed E-state index contributed by atoms with van der Waals surface area (Å²) in [7, 11) is 1.69. The van der Waals surface area contributed by atoms with E-state index in [9.17, 15) is 9.90 Å². The quantitative estimate of drug-likeness (QED) is 0.665. The maximum atomic E-state index is 12.5. The number of rotatable bonds is 1. The summed E-state index contributed by atoms with van der Waals surface area (Å²) in [5.74, 6) is -0.204. The van der Waals surface area contributed by atoms with E-state index in [1.54, 1.807) is 31.3 Å². The highest BCUT2D eigenvalue weighted by molar-refractivity contribution is 5.91. The molecule has 19 heavy (non-hydrogen) atoms. The minimum Gasteiger partial charge on any atom is -0.871 e. The Morgan fingerprint density at radius 2 is 1.58 bits per heavy atom. The number of aryl methyl sites for hydroxylation is 1. The van der Waals surface area contributed by atoms with Gasteiger partial charge in [0.25, 0.3) is 5.56 Å². The number of nitrogens with zero attached hydrogens (tertiary/aromatic N) is 1. The predicted octanol–water partition coefficient (Wildman–Crippen LogP) is 2.28. The summed E-state index contributed by atoms with van der Waals surface area (Å²) >= 11 is 0. The Balaban J connectivity index is 2.48. The van der Waals surface area contributed by atoms with Gasteiger partial charge in [0.1, 0.15) is 0 Å². The normalized spacial score (nSPS) is 10.8. The van der Waals surface area contributed by atoms with Crippen LogP contribution < -0.4 is 10.7 Å². The van der Waals surface area contributed by atoms with Gasteiger partial charge in [-0.1, -0.05) is 54.3 Å². The van der Waals surface area contributed by atoms with Crippen LogP contribution in [0.25, 0.3) is 22.0 Å². The first-order chi connectivity index (χ1) is 9.20. The zero-order chi connectivity index (χ0) is 13.4. The largest absolute Gasteiger partial charge is 0.871 e. The van der Waals surface area contributed by atoms with E-state index >= 15 is 0 Å². The smallest absolute Gasteiger partial charge is 0.258 e. The van der Waals surface area contributed by atoms with Gasteiger partial charge in [-0.25, -0.2) is 0 Å². The molecule has 3 nitrogen and oxygen atoms in total. The molecular weight excluding hydrogens is 238 g/mol. The Hall–Kier alpha value is -2.55. The summed E-state index contributed by atoms with van der Waals surface area (Å²) in [6, 6.07) is 16.2. The molecule has 0 aliphatic rings. The van der Waals surface area contributed by atoms with Crippen LogP contribution in [0.2, 0.25) is 0 Å². The number of benzene rings is 2. The molecule has 0 aliphatic carbocycles. The number of para-hydroxylation sites is 1. The number of aromatic nitrogens is 1. The fourth-order valence-electron chi connectivity index (χ4n) is 2.33. The van der Waals surface area contributed by atoms with Gasteiger partial charge in [-0.3, -0.25) is 4.79 Å².